The predicted octanol–water partition coefficient (Wildman–Crippen LogP) is 4.48. The van der Waals surface area contributed by atoms with Gasteiger partial charge in [-0.25, -0.2) is 4.79 Å². The zero-order valence-electron chi connectivity index (χ0n) is 12.5. The minimum absolute atomic E-state index is 0.402. The van der Waals surface area contributed by atoms with Crippen molar-refractivity contribution in [2.24, 2.45) is 0 Å². The summed E-state index contributed by atoms with van der Waals surface area (Å²) in [6.45, 7) is 0.456. The average molecular weight is 304 g/mol. The van der Waals surface area contributed by atoms with E-state index >= 15 is 0 Å². The highest BCUT2D eigenvalue weighted by molar-refractivity contribution is 5.91. The van der Waals surface area contributed by atoms with Gasteiger partial charge in [-0.3, -0.25) is 0 Å². The first-order valence-corrected chi connectivity index (χ1v) is 7.35. The van der Waals surface area contributed by atoms with Crippen LogP contribution in [0.3, 0.4) is 0 Å². The van der Waals surface area contributed by atoms with Crippen LogP contribution in [-0.2, 0) is 6.61 Å². The van der Waals surface area contributed by atoms with Crippen LogP contribution in [0.5, 0.6) is 11.5 Å². The maximum absolute atomic E-state index is 12.2. The third kappa shape index (κ3) is 4.20. The molecular formula is C20H16O3. The molecule has 0 aliphatic carbocycles. The lowest BCUT2D eigenvalue weighted by Gasteiger charge is -2.08. The van der Waals surface area contributed by atoms with E-state index in [9.17, 15) is 4.79 Å². The number of carbonyl (C=O) groups is 1. The zero-order valence-corrected chi connectivity index (χ0v) is 12.5. The van der Waals surface area contributed by atoms with Gasteiger partial charge in [-0.15, -0.1) is 0 Å². The largest absolute Gasteiger partial charge is 0.489 e. The molecule has 3 heteroatoms. The topological polar surface area (TPSA) is 35.5 Å². The van der Waals surface area contributed by atoms with Crippen LogP contribution in [-0.4, -0.2) is 5.97 Å². The van der Waals surface area contributed by atoms with Gasteiger partial charge >= 0.3 is 5.97 Å². The molecule has 0 unspecified atom stereocenters. The molecule has 0 aromatic heterocycles. The van der Waals surface area contributed by atoms with Crippen molar-refractivity contribution in [2.45, 2.75) is 6.61 Å². The van der Waals surface area contributed by atoms with Crippen molar-refractivity contribution in [3.63, 3.8) is 0 Å². The molecule has 0 saturated carbocycles. The summed E-state index contributed by atoms with van der Waals surface area (Å²) in [5, 5.41) is 0. The fourth-order valence-electron chi connectivity index (χ4n) is 2.11. The Hall–Kier alpha value is -3.07. The molecule has 23 heavy (non-hydrogen) atoms. The average Bonchev–Trinajstić information content (AvgIpc) is 2.62. The lowest BCUT2D eigenvalue weighted by atomic mass is 10.2. The minimum Gasteiger partial charge on any atom is -0.489 e. The SMILES string of the molecule is O=C(Oc1ccccc1)c1cccc(OCc2ccccc2)c1. The van der Waals surface area contributed by atoms with Crippen LogP contribution in [0.15, 0.2) is 84.9 Å². The molecule has 3 nitrogen and oxygen atoms in total. The summed E-state index contributed by atoms with van der Waals surface area (Å²) >= 11 is 0. The Morgan fingerprint density at radius 3 is 2.13 bits per heavy atom. The summed E-state index contributed by atoms with van der Waals surface area (Å²) < 4.78 is 11.0. The Labute approximate surface area is 135 Å². The number of carbonyl (C=O) groups excluding carboxylic acids is 1. The van der Waals surface area contributed by atoms with Gasteiger partial charge in [0.25, 0.3) is 0 Å². The molecule has 3 aromatic carbocycles. The molecule has 3 aromatic rings. The van der Waals surface area contributed by atoms with E-state index in [-0.39, 0.29) is 0 Å². The summed E-state index contributed by atoms with van der Waals surface area (Å²) in [4.78, 5) is 12.2. The number of benzene rings is 3. The summed E-state index contributed by atoms with van der Waals surface area (Å²) in [7, 11) is 0. The fourth-order valence-corrected chi connectivity index (χ4v) is 2.11. The van der Waals surface area contributed by atoms with Crippen molar-refractivity contribution in [3.8, 4) is 11.5 Å². The summed E-state index contributed by atoms with van der Waals surface area (Å²) in [6.07, 6.45) is 0. The van der Waals surface area contributed by atoms with Crippen LogP contribution in [0.4, 0.5) is 0 Å². The van der Waals surface area contributed by atoms with Gasteiger partial charge in [0, 0.05) is 0 Å². The van der Waals surface area contributed by atoms with E-state index in [1.165, 1.54) is 0 Å². The molecule has 0 saturated heterocycles. The minimum atomic E-state index is -0.402. The first-order chi connectivity index (χ1) is 11.3. The molecule has 114 valence electrons. The van der Waals surface area contributed by atoms with Crippen LogP contribution in [0.25, 0.3) is 0 Å². The molecule has 0 bridgehead atoms. The van der Waals surface area contributed by atoms with Gasteiger partial charge in [0.05, 0.1) is 5.56 Å². The van der Waals surface area contributed by atoms with Crippen LogP contribution in [0.2, 0.25) is 0 Å². The second-order valence-electron chi connectivity index (χ2n) is 5.00. The first-order valence-electron chi connectivity index (χ1n) is 7.35. The third-order valence-electron chi connectivity index (χ3n) is 3.27. The quantitative estimate of drug-likeness (QED) is 0.515. The van der Waals surface area contributed by atoms with Gasteiger partial charge in [0.2, 0.25) is 0 Å². The van der Waals surface area contributed by atoms with E-state index in [0.29, 0.717) is 23.7 Å². The number of para-hydroxylation sites is 1. The van der Waals surface area contributed by atoms with Gasteiger partial charge in [-0.2, -0.15) is 0 Å². The van der Waals surface area contributed by atoms with E-state index in [1.54, 1.807) is 30.3 Å². The molecule has 0 aliphatic heterocycles. The van der Waals surface area contributed by atoms with Crippen molar-refractivity contribution in [2.75, 3.05) is 0 Å². The second-order valence-corrected chi connectivity index (χ2v) is 5.00. The molecule has 0 heterocycles. The molecule has 0 amide bonds. The van der Waals surface area contributed by atoms with Crippen LogP contribution in [0, 0.1) is 0 Å². The van der Waals surface area contributed by atoms with Gasteiger partial charge < -0.3 is 9.47 Å². The highest BCUT2D eigenvalue weighted by atomic mass is 16.5. The van der Waals surface area contributed by atoms with E-state index in [2.05, 4.69) is 0 Å². The molecule has 0 radical (unpaired) electrons. The maximum Gasteiger partial charge on any atom is 0.343 e. The number of ether oxygens (including phenoxy) is 2. The van der Waals surface area contributed by atoms with E-state index in [4.69, 9.17) is 9.47 Å². The second kappa shape index (κ2) is 7.27. The Balaban J connectivity index is 1.66. The fraction of sp³-hybridized carbons (Fsp3) is 0.0500. The maximum atomic E-state index is 12.2. The molecular weight excluding hydrogens is 288 g/mol. The van der Waals surface area contributed by atoms with Gasteiger partial charge in [0.1, 0.15) is 18.1 Å². The third-order valence-corrected chi connectivity index (χ3v) is 3.27. The molecule has 3 rings (SSSR count). The number of hydrogen-bond acceptors (Lipinski definition) is 3. The van der Waals surface area contributed by atoms with Crippen LogP contribution >= 0.6 is 0 Å². The Bertz CT molecular complexity index is 767. The zero-order chi connectivity index (χ0) is 15.9. The van der Waals surface area contributed by atoms with Crippen molar-refractivity contribution in [1.29, 1.82) is 0 Å². The number of rotatable bonds is 5. The highest BCUT2D eigenvalue weighted by Gasteiger charge is 2.09. The van der Waals surface area contributed by atoms with Gasteiger partial charge in [-0.1, -0.05) is 54.6 Å². The van der Waals surface area contributed by atoms with Crippen LogP contribution in [0.1, 0.15) is 15.9 Å². The van der Waals surface area contributed by atoms with E-state index in [0.717, 1.165) is 5.56 Å². The molecule has 0 fully saturated rings. The molecule has 0 spiro atoms. The normalized spacial score (nSPS) is 10.1. The van der Waals surface area contributed by atoms with Crippen LogP contribution < -0.4 is 9.47 Å². The predicted molar refractivity (Wildman–Crippen MR) is 88.6 cm³/mol. The Morgan fingerprint density at radius 1 is 0.739 bits per heavy atom. The lowest BCUT2D eigenvalue weighted by Crippen LogP contribution is -2.08. The summed E-state index contributed by atoms with van der Waals surface area (Å²) in [6, 6.07) is 25.9. The lowest BCUT2D eigenvalue weighted by molar-refractivity contribution is 0.0734. The van der Waals surface area contributed by atoms with Gasteiger partial charge in [-0.05, 0) is 35.9 Å². The standard InChI is InChI=1S/C20H16O3/c21-20(23-18-11-5-2-6-12-18)17-10-7-13-19(14-17)22-15-16-8-3-1-4-9-16/h1-14H,15H2. The molecule has 0 N–H and O–H groups in total. The van der Waals surface area contributed by atoms with Gasteiger partial charge in [0.15, 0.2) is 0 Å². The monoisotopic (exact) mass is 304 g/mol. The number of hydrogen-bond donors (Lipinski definition) is 0. The van der Waals surface area contributed by atoms with E-state index in [1.807, 2.05) is 54.6 Å². The first kappa shape index (κ1) is 14.9. The summed E-state index contributed by atoms with van der Waals surface area (Å²) in [5.41, 5.74) is 1.53. The van der Waals surface area contributed by atoms with Crippen molar-refractivity contribution < 1.29 is 14.3 Å². The summed E-state index contributed by atoms with van der Waals surface area (Å²) in [5.74, 6) is 0.755. The molecule has 0 atom stereocenters. The molecule has 0 aliphatic rings. The Morgan fingerprint density at radius 2 is 1.39 bits per heavy atom. The van der Waals surface area contributed by atoms with Crippen molar-refractivity contribution in [3.05, 3.63) is 96.1 Å². The van der Waals surface area contributed by atoms with E-state index < -0.39 is 5.97 Å². The van der Waals surface area contributed by atoms with Crippen molar-refractivity contribution in [1.82, 2.24) is 0 Å². The van der Waals surface area contributed by atoms with Crippen molar-refractivity contribution >= 4 is 5.97 Å². The highest BCUT2D eigenvalue weighted by Crippen LogP contribution is 2.17. The smallest absolute Gasteiger partial charge is 0.343 e. The number of esters is 1. The Kier molecular flexibility index (Phi) is 4.69.